The minimum absolute atomic E-state index is 0.0273. The molecule has 1 N–H and O–H groups in total. The van der Waals surface area contributed by atoms with Gasteiger partial charge in [0, 0.05) is 18.8 Å². The normalized spacial score (nSPS) is 25.8. The summed E-state index contributed by atoms with van der Waals surface area (Å²) in [6.45, 7) is 4.12. The summed E-state index contributed by atoms with van der Waals surface area (Å²) in [6, 6.07) is 8.31. The summed E-state index contributed by atoms with van der Waals surface area (Å²) in [4.78, 5) is 14.8. The van der Waals surface area contributed by atoms with Crippen LogP contribution in [0, 0.1) is 5.92 Å². The monoisotopic (exact) mass is 272 g/mol. The molecular formula is C17H24N2O. The highest BCUT2D eigenvalue weighted by Gasteiger charge is 2.30. The first-order chi connectivity index (χ1) is 9.78. The van der Waals surface area contributed by atoms with Crippen molar-refractivity contribution in [2.24, 2.45) is 5.92 Å². The largest absolute Gasteiger partial charge is 0.373 e. The number of benzene rings is 1. The van der Waals surface area contributed by atoms with E-state index in [0.29, 0.717) is 11.8 Å². The van der Waals surface area contributed by atoms with E-state index in [1.807, 2.05) is 6.07 Å². The Morgan fingerprint density at radius 2 is 2.20 bits per heavy atom. The van der Waals surface area contributed by atoms with E-state index in [-0.39, 0.29) is 6.04 Å². The minimum Gasteiger partial charge on any atom is -0.373 e. The van der Waals surface area contributed by atoms with Gasteiger partial charge in [0.05, 0.1) is 0 Å². The maximum absolute atomic E-state index is 12.7. The van der Waals surface area contributed by atoms with Crippen LogP contribution in [0.4, 0.5) is 5.69 Å². The smallest absolute Gasteiger partial charge is 0.245 e. The number of hydrogen-bond acceptors (Lipinski definition) is 2. The molecule has 2 atom stereocenters. The summed E-state index contributed by atoms with van der Waals surface area (Å²) >= 11 is 0. The second-order valence-electron chi connectivity index (χ2n) is 6.09. The fourth-order valence-corrected chi connectivity index (χ4v) is 3.44. The minimum atomic E-state index is -0.0273. The van der Waals surface area contributed by atoms with Gasteiger partial charge in [0.25, 0.3) is 0 Å². The first-order valence-corrected chi connectivity index (χ1v) is 7.91. The Balaban J connectivity index is 1.67. The molecule has 2 aliphatic heterocycles. The van der Waals surface area contributed by atoms with Crippen LogP contribution in [0.15, 0.2) is 24.3 Å². The van der Waals surface area contributed by atoms with Gasteiger partial charge in [-0.05, 0) is 43.2 Å². The van der Waals surface area contributed by atoms with E-state index >= 15 is 0 Å². The van der Waals surface area contributed by atoms with Gasteiger partial charge in [0.1, 0.15) is 6.04 Å². The number of fused-ring (bicyclic) bond motifs is 1. The van der Waals surface area contributed by atoms with Crippen molar-refractivity contribution in [3.05, 3.63) is 29.8 Å². The molecule has 1 aromatic rings. The number of rotatable bonds is 2. The maximum atomic E-state index is 12.7. The number of para-hydroxylation sites is 1. The number of amides is 1. The van der Waals surface area contributed by atoms with Gasteiger partial charge in [-0.2, -0.15) is 0 Å². The molecule has 0 bridgehead atoms. The fourth-order valence-electron chi connectivity index (χ4n) is 3.44. The van der Waals surface area contributed by atoms with Gasteiger partial charge >= 0.3 is 0 Å². The number of carbonyl (C=O) groups excluding carboxylic acids is 1. The van der Waals surface area contributed by atoms with E-state index in [2.05, 4.69) is 35.3 Å². The van der Waals surface area contributed by atoms with Gasteiger partial charge in [-0.25, -0.2) is 0 Å². The summed E-state index contributed by atoms with van der Waals surface area (Å²) in [7, 11) is 0. The van der Waals surface area contributed by atoms with Crippen molar-refractivity contribution >= 4 is 11.6 Å². The molecule has 2 heterocycles. The predicted molar refractivity (Wildman–Crippen MR) is 81.8 cm³/mol. The lowest BCUT2D eigenvalue weighted by molar-refractivity contribution is -0.134. The maximum Gasteiger partial charge on any atom is 0.245 e. The topological polar surface area (TPSA) is 32.3 Å². The summed E-state index contributed by atoms with van der Waals surface area (Å²) in [6.07, 6.45) is 5.55. The van der Waals surface area contributed by atoms with Gasteiger partial charge in [-0.15, -0.1) is 0 Å². The Hall–Kier alpha value is -1.51. The van der Waals surface area contributed by atoms with Gasteiger partial charge in [-0.3, -0.25) is 4.79 Å². The summed E-state index contributed by atoms with van der Waals surface area (Å²) in [5.74, 6) is 1.00. The second kappa shape index (κ2) is 5.86. The van der Waals surface area contributed by atoms with Gasteiger partial charge in [-0.1, -0.05) is 31.5 Å². The third-order valence-corrected chi connectivity index (χ3v) is 4.76. The lowest BCUT2D eigenvalue weighted by Crippen LogP contribution is -2.48. The molecular weight excluding hydrogens is 248 g/mol. The Bertz CT molecular complexity index is 486. The number of nitrogens with zero attached hydrogens (tertiary/aromatic N) is 1. The van der Waals surface area contributed by atoms with E-state index in [0.717, 1.165) is 38.0 Å². The number of nitrogens with one attached hydrogen (secondary N) is 1. The van der Waals surface area contributed by atoms with E-state index in [9.17, 15) is 4.79 Å². The van der Waals surface area contributed by atoms with Crippen molar-refractivity contribution in [2.45, 2.75) is 45.1 Å². The molecule has 0 saturated carbocycles. The molecule has 20 heavy (non-hydrogen) atoms. The molecule has 108 valence electrons. The van der Waals surface area contributed by atoms with Crippen molar-refractivity contribution in [1.82, 2.24) is 4.90 Å². The second-order valence-corrected chi connectivity index (χ2v) is 6.09. The van der Waals surface area contributed by atoms with E-state index in [1.165, 1.54) is 18.4 Å². The zero-order valence-electron chi connectivity index (χ0n) is 12.3. The molecule has 1 fully saturated rings. The number of carbonyl (C=O) groups is 1. The molecule has 3 nitrogen and oxygen atoms in total. The van der Waals surface area contributed by atoms with Crippen LogP contribution in [0.2, 0.25) is 0 Å². The lowest BCUT2D eigenvalue weighted by Gasteiger charge is -2.36. The summed E-state index contributed by atoms with van der Waals surface area (Å²) in [5.41, 5.74) is 2.47. The Morgan fingerprint density at radius 1 is 1.35 bits per heavy atom. The van der Waals surface area contributed by atoms with Crippen LogP contribution in [0.25, 0.3) is 0 Å². The van der Waals surface area contributed by atoms with Crippen molar-refractivity contribution < 1.29 is 4.79 Å². The molecule has 1 saturated heterocycles. The number of anilines is 1. The lowest BCUT2D eigenvalue weighted by atomic mass is 9.93. The van der Waals surface area contributed by atoms with Crippen LogP contribution in [0.1, 0.15) is 38.2 Å². The van der Waals surface area contributed by atoms with Gasteiger partial charge < -0.3 is 10.2 Å². The van der Waals surface area contributed by atoms with Crippen molar-refractivity contribution in [3.63, 3.8) is 0 Å². The first kappa shape index (κ1) is 13.5. The third kappa shape index (κ3) is 2.67. The quantitative estimate of drug-likeness (QED) is 0.897. The average Bonchev–Trinajstić information content (AvgIpc) is 2.53. The van der Waals surface area contributed by atoms with Crippen LogP contribution in [-0.4, -0.2) is 29.9 Å². The number of piperidine rings is 1. The van der Waals surface area contributed by atoms with Crippen LogP contribution in [0.5, 0.6) is 0 Å². The summed E-state index contributed by atoms with van der Waals surface area (Å²) in [5, 5.41) is 3.44. The first-order valence-electron chi connectivity index (χ1n) is 7.91. The predicted octanol–water partition coefficient (Wildman–Crippen LogP) is 3.06. The molecule has 3 rings (SSSR count). The highest BCUT2D eigenvalue weighted by atomic mass is 16.2. The molecule has 1 aromatic carbocycles. The molecule has 2 unspecified atom stereocenters. The van der Waals surface area contributed by atoms with Gasteiger partial charge in [0.15, 0.2) is 0 Å². The zero-order valence-corrected chi connectivity index (χ0v) is 12.3. The molecule has 0 spiro atoms. The van der Waals surface area contributed by atoms with Crippen LogP contribution in [-0.2, 0) is 11.2 Å². The van der Waals surface area contributed by atoms with Crippen LogP contribution < -0.4 is 5.32 Å². The Labute approximate surface area is 121 Å². The molecule has 0 aromatic heterocycles. The molecule has 3 heteroatoms. The zero-order chi connectivity index (χ0) is 13.9. The van der Waals surface area contributed by atoms with E-state index < -0.39 is 0 Å². The fraction of sp³-hybridized carbons (Fsp3) is 0.588. The Morgan fingerprint density at radius 3 is 3.05 bits per heavy atom. The van der Waals surface area contributed by atoms with E-state index in [4.69, 9.17) is 0 Å². The van der Waals surface area contributed by atoms with Gasteiger partial charge in [0.2, 0.25) is 5.91 Å². The molecule has 2 aliphatic rings. The third-order valence-electron chi connectivity index (χ3n) is 4.76. The molecule has 1 amide bonds. The van der Waals surface area contributed by atoms with Crippen molar-refractivity contribution in [1.29, 1.82) is 0 Å². The van der Waals surface area contributed by atoms with Crippen LogP contribution >= 0.6 is 0 Å². The number of likely N-dealkylation sites (tertiary alicyclic amines) is 1. The Kier molecular flexibility index (Phi) is 3.95. The summed E-state index contributed by atoms with van der Waals surface area (Å²) < 4.78 is 0. The SMILES string of the molecule is CCC1CCCN(C(=O)C2CCc3ccccc3N2)C1. The highest BCUT2D eigenvalue weighted by Crippen LogP contribution is 2.26. The number of aryl methyl sites for hydroxylation is 1. The number of hydrogen-bond donors (Lipinski definition) is 1. The average molecular weight is 272 g/mol. The van der Waals surface area contributed by atoms with Crippen LogP contribution in [0.3, 0.4) is 0 Å². The standard InChI is InChI=1S/C17H24N2O/c1-2-13-6-5-11-19(12-13)17(20)16-10-9-14-7-3-4-8-15(14)18-16/h3-4,7-8,13,16,18H,2,5-6,9-12H2,1H3. The molecule has 0 aliphatic carbocycles. The molecule has 0 radical (unpaired) electrons. The van der Waals surface area contributed by atoms with Crippen molar-refractivity contribution in [2.75, 3.05) is 18.4 Å². The van der Waals surface area contributed by atoms with E-state index in [1.54, 1.807) is 0 Å². The van der Waals surface area contributed by atoms with Crippen molar-refractivity contribution in [3.8, 4) is 0 Å². The highest BCUT2D eigenvalue weighted by molar-refractivity contribution is 5.85.